The standard InChI is InChI=1S/C12H13N3O2/c1-10(9-15-8-2-5-14-15)17-12(16)11-3-6-13-7-4-11/h2-8,10H,9H2,1H3. The van der Waals surface area contributed by atoms with Gasteiger partial charge in [0.2, 0.25) is 0 Å². The number of ether oxygens (including phenoxy) is 1. The van der Waals surface area contributed by atoms with Gasteiger partial charge < -0.3 is 4.74 Å². The highest BCUT2D eigenvalue weighted by Crippen LogP contribution is 2.04. The summed E-state index contributed by atoms with van der Waals surface area (Å²) in [5, 5.41) is 4.05. The fourth-order valence-corrected chi connectivity index (χ4v) is 1.45. The lowest BCUT2D eigenvalue weighted by atomic mass is 10.3. The zero-order valence-electron chi connectivity index (χ0n) is 9.48. The summed E-state index contributed by atoms with van der Waals surface area (Å²) >= 11 is 0. The average Bonchev–Trinajstić information content (AvgIpc) is 2.82. The monoisotopic (exact) mass is 231 g/mol. The highest BCUT2D eigenvalue weighted by atomic mass is 16.5. The first kappa shape index (κ1) is 11.3. The Morgan fingerprint density at radius 3 is 2.82 bits per heavy atom. The van der Waals surface area contributed by atoms with Crippen LogP contribution in [0.15, 0.2) is 43.0 Å². The van der Waals surface area contributed by atoms with Crippen LogP contribution in [0.5, 0.6) is 0 Å². The van der Waals surface area contributed by atoms with Gasteiger partial charge in [-0.2, -0.15) is 5.10 Å². The van der Waals surface area contributed by atoms with Crippen LogP contribution in [-0.4, -0.2) is 26.8 Å². The Morgan fingerprint density at radius 2 is 2.18 bits per heavy atom. The predicted octanol–water partition coefficient (Wildman–Crippen LogP) is 1.52. The van der Waals surface area contributed by atoms with Crippen LogP contribution in [0.4, 0.5) is 0 Å². The maximum absolute atomic E-state index is 11.7. The maximum Gasteiger partial charge on any atom is 0.338 e. The van der Waals surface area contributed by atoms with Gasteiger partial charge in [0.15, 0.2) is 0 Å². The van der Waals surface area contributed by atoms with Crippen LogP contribution >= 0.6 is 0 Å². The van der Waals surface area contributed by atoms with Crippen LogP contribution in [0.1, 0.15) is 17.3 Å². The number of hydrogen-bond acceptors (Lipinski definition) is 4. The summed E-state index contributed by atoms with van der Waals surface area (Å²) in [4.78, 5) is 15.5. The first-order valence-electron chi connectivity index (χ1n) is 5.34. The first-order valence-corrected chi connectivity index (χ1v) is 5.34. The normalized spacial score (nSPS) is 12.1. The Morgan fingerprint density at radius 1 is 1.41 bits per heavy atom. The molecule has 2 aromatic heterocycles. The van der Waals surface area contributed by atoms with E-state index < -0.39 is 0 Å². The molecule has 0 amide bonds. The maximum atomic E-state index is 11.7. The van der Waals surface area contributed by atoms with Crippen LogP contribution < -0.4 is 0 Å². The Labute approximate surface area is 99.1 Å². The number of hydrogen-bond donors (Lipinski definition) is 0. The smallest absolute Gasteiger partial charge is 0.338 e. The molecule has 17 heavy (non-hydrogen) atoms. The summed E-state index contributed by atoms with van der Waals surface area (Å²) in [6.45, 7) is 2.38. The van der Waals surface area contributed by atoms with Crippen LogP contribution in [-0.2, 0) is 11.3 Å². The van der Waals surface area contributed by atoms with Crippen molar-refractivity contribution in [1.82, 2.24) is 14.8 Å². The van der Waals surface area contributed by atoms with E-state index in [-0.39, 0.29) is 12.1 Å². The molecule has 0 N–H and O–H groups in total. The third-order valence-corrected chi connectivity index (χ3v) is 2.23. The zero-order valence-corrected chi connectivity index (χ0v) is 9.48. The second kappa shape index (κ2) is 5.25. The summed E-state index contributed by atoms with van der Waals surface area (Å²) in [5.41, 5.74) is 0.507. The first-order chi connectivity index (χ1) is 8.25. The van der Waals surface area contributed by atoms with Gasteiger partial charge in [-0.05, 0) is 25.1 Å². The van der Waals surface area contributed by atoms with Crippen LogP contribution in [0.3, 0.4) is 0 Å². The summed E-state index contributed by atoms with van der Waals surface area (Å²) < 4.78 is 7.01. The van der Waals surface area contributed by atoms with Crippen LogP contribution in [0, 0.1) is 0 Å². The molecular weight excluding hydrogens is 218 g/mol. The molecular formula is C12H13N3O2. The van der Waals surface area contributed by atoms with Gasteiger partial charge in [0.1, 0.15) is 6.10 Å². The number of esters is 1. The van der Waals surface area contributed by atoms with Gasteiger partial charge >= 0.3 is 5.97 Å². The van der Waals surface area contributed by atoms with Gasteiger partial charge in [0.05, 0.1) is 12.1 Å². The summed E-state index contributed by atoms with van der Waals surface area (Å²) in [6.07, 6.45) is 6.42. The molecule has 5 heteroatoms. The lowest BCUT2D eigenvalue weighted by molar-refractivity contribution is 0.0298. The van der Waals surface area contributed by atoms with E-state index in [9.17, 15) is 4.79 Å². The number of nitrogens with zero attached hydrogens (tertiary/aromatic N) is 3. The number of pyridine rings is 1. The van der Waals surface area contributed by atoms with E-state index in [1.54, 1.807) is 35.4 Å². The lowest BCUT2D eigenvalue weighted by Crippen LogP contribution is -2.21. The van der Waals surface area contributed by atoms with E-state index in [2.05, 4.69) is 10.1 Å². The zero-order chi connectivity index (χ0) is 12.1. The summed E-state index contributed by atoms with van der Waals surface area (Å²) in [7, 11) is 0. The van der Waals surface area contributed by atoms with Crippen LogP contribution in [0.25, 0.3) is 0 Å². The largest absolute Gasteiger partial charge is 0.457 e. The van der Waals surface area contributed by atoms with Crippen molar-refractivity contribution in [3.63, 3.8) is 0 Å². The average molecular weight is 231 g/mol. The van der Waals surface area contributed by atoms with E-state index in [0.29, 0.717) is 12.1 Å². The van der Waals surface area contributed by atoms with Crippen LogP contribution in [0.2, 0.25) is 0 Å². The molecule has 1 atom stereocenters. The van der Waals surface area contributed by atoms with Crippen molar-refractivity contribution >= 4 is 5.97 Å². The van der Waals surface area contributed by atoms with Gasteiger partial charge in [-0.25, -0.2) is 4.79 Å². The molecule has 0 spiro atoms. The highest BCUT2D eigenvalue weighted by Gasteiger charge is 2.12. The highest BCUT2D eigenvalue weighted by molar-refractivity contribution is 5.89. The minimum Gasteiger partial charge on any atom is -0.457 e. The molecule has 0 radical (unpaired) electrons. The molecule has 0 aliphatic carbocycles. The summed E-state index contributed by atoms with van der Waals surface area (Å²) in [6, 6.07) is 5.09. The quantitative estimate of drug-likeness (QED) is 0.749. The number of aromatic nitrogens is 3. The van der Waals surface area contributed by atoms with Crippen molar-refractivity contribution in [2.75, 3.05) is 0 Å². The minimum atomic E-state index is -0.341. The Kier molecular flexibility index (Phi) is 3.49. The van der Waals surface area contributed by atoms with Gasteiger partial charge in [-0.15, -0.1) is 0 Å². The third kappa shape index (κ3) is 3.14. The molecule has 0 aliphatic rings. The molecule has 0 aromatic carbocycles. The SMILES string of the molecule is CC(Cn1cccn1)OC(=O)c1ccncc1. The Balaban J connectivity index is 1.91. The van der Waals surface area contributed by atoms with Crippen molar-refractivity contribution in [2.45, 2.75) is 19.6 Å². The van der Waals surface area contributed by atoms with E-state index in [1.165, 1.54) is 0 Å². The van der Waals surface area contributed by atoms with Gasteiger partial charge in [-0.3, -0.25) is 9.67 Å². The van der Waals surface area contributed by atoms with E-state index in [1.807, 2.05) is 19.2 Å². The molecule has 2 aromatic rings. The lowest BCUT2D eigenvalue weighted by Gasteiger charge is -2.13. The van der Waals surface area contributed by atoms with E-state index in [0.717, 1.165) is 0 Å². The molecule has 0 saturated carbocycles. The fourth-order valence-electron chi connectivity index (χ4n) is 1.45. The molecule has 0 saturated heterocycles. The molecule has 0 bridgehead atoms. The topological polar surface area (TPSA) is 57.0 Å². The third-order valence-electron chi connectivity index (χ3n) is 2.23. The summed E-state index contributed by atoms with van der Waals surface area (Å²) in [5.74, 6) is -0.341. The molecule has 0 aliphatic heterocycles. The number of carbonyl (C=O) groups excluding carboxylic acids is 1. The van der Waals surface area contributed by atoms with Crippen molar-refractivity contribution in [3.8, 4) is 0 Å². The second-order valence-electron chi connectivity index (χ2n) is 3.68. The van der Waals surface area contributed by atoms with Gasteiger partial charge in [-0.1, -0.05) is 0 Å². The minimum absolute atomic E-state index is 0.226. The van der Waals surface area contributed by atoms with Crippen molar-refractivity contribution in [1.29, 1.82) is 0 Å². The van der Waals surface area contributed by atoms with Crippen molar-refractivity contribution < 1.29 is 9.53 Å². The Bertz CT molecular complexity index is 468. The van der Waals surface area contributed by atoms with Gasteiger partial charge in [0.25, 0.3) is 0 Å². The van der Waals surface area contributed by atoms with Crippen molar-refractivity contribution in [2.24, 2.45) is 0 Å². The molecule has 2 rings (SSSR count). The fraction of sp³-hybridized carbons (Fsp3) is 0.250. The van der Waals surface area contributed by atoms with E-state index >= 15 is 0 Å². The number of carbonyl (C=O) groups is 1. The molecule has 5 nitrogen and oxygen atoms in total. The molecule has 0 fully saturated rings. The number of rotatable bonds is 4. The van der Waals surface area contributed by atoms with E-state index in [4.69, 9.17) is 4.74 Å². The molecule has 1 unspecified atom stereocenters. The Hall–Kier alpha value is -2.17. The molecule has 88 valence electrons. The predicted molar refractivity (Wildman–Crippen MR) is 61.3 cm³/mol. The second-order valence-corrected chi connectivity index (χ2v) is 3.68. The molecule has 2 heterocycles. The van der Waals surface area contributed by atoms with Crippen molar-refractivity contribution in [3.05, 3.63) is 48.5 Å². The van der Waals surface area contributed by atoms with Gasteiger partial charge in [0, 0.05) is 24.8 Å².